The summed E-state index contributed by atoms with van der Waals surface area (Å²) in [5.74, 6) is -1.22. The van der Waals surface area contributed by atoms with Crippen molar-refractivity contribution >= 4 is 0 Å². The highest BCUT2D eigenvalue weighted by Gasteiger charge is 2.62. The summed E-state index contributed by atoms with van der Waals surface area (Å²) in [4.78, 5) is 0. The summed E-state index contributed by atoms with van der Waals surface area (Å²) in [5, 5.41) is 29.8. The summed E-state index contributed by atoms with van der Waals surface area (Å²) in [6, 6.07) is 26.7. The van der Waals surface area contributed by atoms with Crippen molar-refractivity contribution in [3.05, 3.63) is 140 Å². The van der Waals surface area contributed by atoms with Crippen LogP contribution in [0, 0.1) is 0 Å². The molecule has 4 aromatic rings. The van der Waals surface area contributed by atoms with E-state index in [0.29, 0.717) is 22.3 Å². The summed E-state index contributed by atoms with van der Waals surface area (Å²) >= 11 is 0. The lowest BCUT2D eigenvalue weighted by Gasteiger charge is -2.45. The van der Waals surface area contributed by atoms with E-state index in [9.17, 15) is 10.2 Å². The summed E-state index contributed by atoms with van der Waals surface area (Å²) in [6.07, 6.45) is -2.24. The standard InChI is InChI=1S/C63H94O4/c1-53(2,3)39-27-40(54(4,5)6)32-47(31-39)62(64,48-33-41(55(7,8)9)28-42(34-48)56(10,11)12)51-52(67-61(25,26)66-51)63(65,49-35-43(57(13,14)15)29-44(36-49)58(16,17)18)50-37-45(59(19,20)21)30-46(38-50)60(22,23)24/h27-38,51-52,64-65H,1-26H3. The number of hydrogen-bond donors (Lipinski definition) is 2. The van der Waals surface area contributed by atoms with Crippen molar-refractivity contribution in [2.75, 3.05) is 0 Å². The molecule has 0 radical (unpaired) electrons. The SMILES string of the molecule is CC1(C)OC(C(O)(c2cc(C(C)(C)C)cc(C(C)(C)C)c2)c2cc(C(C)(C)C)cc(C(C)(C)C)c2)C(C(O)(c2cc(C(C)(C)C)cc(C(C)(C)C)c2)c2cc(C(C)(C)C)cc(C(C)(C)C)c2)O1. The van der Waals surface area contributed by atoms with Crippen LogP contribution in [0.15, 0.2) is 72.8 Å². The van der Waals surface area contributed by atoms with Gasteiger partial charge in [0.15, 0.2) is 5.79 Å². The smallest absolute Gasteiger partial charge is 0.164 e. The van der Waals surface area contributed by atoms with E-state index in [1.807, 2.05) is 13.8 Å². The van der Waals surface area contributed by atoms with Gasteiger partial charge in [-0.3, -0.25) is 0 Å². The minimum absolute atomic E-state index is 0.249. The Balaban J connectivity index is 2.12. The average Bonchev–Trinajstić information content (AvgIpc) is 3.49. The molecule has 2 unspecified atom stereocenters. The van der Waals surface area contributed by atoms with Gasteiger partial charge in [0.2, 0.25) is 0 Å². The maximum Gasteiger partial charge on any atom is 0.164 e. The number of hydrogen-bond acceptors (Lipinski definition) is 4. The van der Waals surface area contributed by atoms with Gasteiger partial charge in [-0.2, -0.15) is 0 Å². The molecule has 1 fully saturated rings. The molecule has 5 rings (SSSR count). The van der Waals surface area contributed by atoms with E-state index in [0.717, 1.165) is 44.5 Å². The van der Waals surface area contributed by atoms with Gasteiger partial charge in [-0.05, 0) is 124 Å². The minimum atomic E-state index is -1.85. The van der Waals surface area contributed by atoms with E-state index < -0.39 is 29.2 Å². The summed E-state index contributed by atoms with van der Waals surface area (Å²) in [5.41, 5.74) is 6.07. The molecule has 1 saturated heterocycles. The first-order chi connectivity index (χ1) is 29.7. The topological polar surface area (TPSA) is 58.9 Å². The van der Waals surface area contributed by atoms with Gasteiger partial charge in [0.25, 0.3) is 0 Å². The first kappa shape index (κ1) is 54.7. The maximum absolute atomic E-state index is 14.9. The predicted octanol–water partition coefficient (Wildman–Crippen LogP) is 15.8. The molecule has 0 aliphatic carbocycles. The van der Waals surface area contributed by atoms with Crippen LogP contribution in [0.5, 0.6) is 0 Å². The van der Waals surface area contributed by atoms with Crippen LogP contribution in [0.4, 0.5) is 0 Å². The Morgan fingerprint density at radius 3 is 0.507 bits per heavy atom. The van der Waals surface area contributed by atoms with Gasteiger partial charge in [0, 0.05) is 0 Å². The van der Waals surface area contributed by atoms with E-state index in [2.05, 4.69) is 239 Å². The van der Waals surface area contributed by atoms with E-state index >= 15 is 0 Å². The lowest BCUT2D eigenvalue weighted by molar-refractivity contribution is -0.172. The van der Waals surface area contributed by atoms with Crippen LogP contribution in [0.2, 0.25) is 0 Å². The molecule has 4 aromatic carbocycles. The van der Waals surface area contributed by atoms with Gasteiger partial charge < -0.3 is 19.7 Å². The molecule has 1 aliphatic rings. The number of aliphatic hydroxyl groups is 2. The molecule has 0 aromatic heterocycles. The summed E-state index contributed by atoms with van der Waals surface area (Å²) in [6.45, 7) is 57.5. The number of benzene rings is 4. The highest BCUT2D eigenvalue weighted by Crippen LogP contribution is 2.53. The fourth-order valence-corrected chi connectivity index (χ4v) is 9.22. The van der Waals surface area contributed by atoms with Crippen molar-refractivity contribution < 1.29 is 19.7 Å². The Bertz CT molecular complexity index is 1990. The second-order valence-electron chi connectivity index (χ2n) is 29.2. The van der Waals surface area contributed by atoms with Crippen LogP contribution in [0.3, 0.4) is 0 Å². The zero-order valence-corrected chi connectivity index (χ0v) is 47.3. The van der Waals surface area contributed by atoms with Gasteiger partial charge in [0.05, 0.1) is 0 Å². The monoisotopic (exact) mass is 915 g/mol. The fraction of sp³-hybridized carbons (Fsp3) is 0.619. The highest BCUT2D eigenvalue weighted by atomic mass is 16.8. The van der Waals surface area contributed by atoms with E-state index in [1.54, 1.807) is 0 Å². The van der Waals surface area contributed by atoms with Crippen LogP contribution >= 0.6 is 0 Å². The van der Waals surface area contributed by atoms with E-state index in [1.165, 1.54) is 0 Å². The molecule has 2 atom stereocenters. The summed E-state index contributed by atoms with van der Waals surface area (Å²) < 4.78 is 14.8. The molecule has 0 spiro atoms. The molecule has 4 heteroatoms. The Kier molecular flexibility index (Phi) is 13.8. The van der Waals surface area contributed by atoms with Gasteiger partial charge in [-0.15, -0.1) is 0 Å². The van der Waals surface area contributed by atoms with Crippen molar-refractivity contribution in [3.63, 3.8) is 0 Å². The van der Waals surface area contributed by atoms with Crippen LogP contribution in [0.25, 0.3) is 0 Å². The first-order valence-corrected chi connectivity index (χ1v) is 25.2. The highest BCUT2D eigenvalue weighted by molar-refractivity contribution is 5.53. The molecule has 2 N–H and O–H groups in total. The lowest BCUT2D eigenvalue weighted by atomic mass is 9.67. The fourth-order valence-electron chi connectivity index (χ4n) is 9.22. The first-order valence-electron chi connectivity index (χ1n) is 25.2. The quantitative estimate of drug-likeness (QED) is 0.202. The van der Waals surface area contributed by atoms with Crippen LogP contribution in [-0.4, -0.2) is 28.2 Å². The van der Waals surface area contributed by atoms with E-state index in [-0.39, 0.29) is 43.3 Å². The molecule has 0 amide bonds. The van der Waals surface area contributed by atoms with Crippen LogP contribution in [-0.2, 0) is 64.0 Å². The van der Waals surface area contributed by atoms with Crippen molar-refractivity contribution in [2.24, 2.45) is 0 Å². The van der Waals surface area contributed by atoms with E-state index in [4.69, 9.17) is 9.47 Å². The summed E-state index contributed by atoms with van der Waals surface area (Å²) in [7, 11) is 0. The maximum atomic E-state index is 14.9. The third-order valence-corrected chi connectivity index (χ3v) is 14.3. The molecular weight excluding hydrogens is 821 g/mol. The van der Waals surface area contributed by atoms with Gasteiger partial charge >= 0.3 is 0 Å². The third kappa shape index (κ3) is 11.4. The van der Waals surface area contributed by atoms with Crippen molar-refractivity contribution in [3.8, 4) is 0 Å². The van der Waals surface area contributed by atoms with Crippen molar-refractivity contribution in [1.29, 1.82) is 0 Å². The van der Waals surface area contributed by atoms with Crippen LogP contribution in [0.1, 0.15) is 247 Å². The van der Waals surface area contributed by atoms with Gasteiger partial charge in [-0.25, -0.2) is 0 Å². The Labute approximate surface area is 410 Å². The van der Waals surface area contributed by atoms with Crippen molar-refractivity contribution in [1.82, 2.24) is 0 Å². The van der Waals surface area contributed by atoms with Gasteiger partial charge in [0.1, 0.15) is 23.4 Å². The average molecular weight is 915 g/mol. The van der Waals surface area contributed by atoms with Gasteiger partial charge in [-0.1, -0.05) is 239 Å². The molecule has 1 aliphatic heterocycles. The Morgan fingerprint density at radius 1 is 0.269 bits per heavy atom. The second-order valence-corrected chi connectivity index (χ2v) is 29.2. The molecular formula is C63H94O4. The van der Waals surface area contributed by atoms with Crippen LogP contribution < -0.4 is 0 Å². The zero-order valence-electron chi connectivity index (χ0n) is 47.3. The second kappa shape index (κ2) is 17.0. The number of rotatable bonds is 6. The Morgan fingerprint density at radius 2 is 0.388 bits per heavy atom. The lowest BCUT2D eigenvalue weighted by Crippen LogP contribution is -2.55. The predicted molar refractivity (Wildman–Crippen MR) is 285 cm³/mol. The third-order valence-electron chi connectivity index (χ3n) is 14.3. The molecule has 0 saturated carbocycles. The molecule has 4 nitrogen and oxygen atoms in total. The van der Waals surface area contributed by atoms with Crippen molar-refractivity contribution in [2.45, 2.75) is 253 Å². The molecule has 67 heavy (non-hydrogen) atoms. The molecule has 370 valence electrons. The normalized spacial score (nSPS) is 18.4. The largest absolute Gasteiger partial charge is 0.378 e. The Hall–Kier alpha value is -3.28. The number of ether oxygens (including phenoxy) is 2. The minimum Gasteiger partial charge on any atom is -0.378 e. The zero-order chi connectivity index (χ0) is 51.5. The molecule has 0 bridgehead atoms. The molecule has 1 heterocycles.